The highest BCUT2D eigenvalue weighted by molar-refractivity contribution is 6.40. The van der Waals surface area contributed by atoms with Gasteiger partial charge in [0.15, 0.2) is 5.65 Å². The van der Waals surface area contributed by atoms with Gasteiger partial charge in [-0.3, -0.25) is 5.10 Å². The topological polar surface area (TPSA) is 41.6 Å². The van der Waals surface area contributed by atoms with Crippen LogP contribution in [0.3, 0.4) is 0 Å². The van der Waals surface area contributed by atoms with Crippen LogP contribution in [-0.4, -0.2) is 15.2 Å². The van der Waals surface area contributed by atoms with E-state index in [1.165, 1.54) is 0 Å². The molecule has 0 aliphatic rings. The first-order valence-electron chi connectivity index (χ1n) is 4.23. The van der Waals surface area contributed by atoms with Crippen LogP contribution in [0.5, 0.6) is 0 Å². The van der Waals surface area contributed by atoms with Gasteiger partial charge in [0.25, 0.3) is 0 Å². The molecule has 2 aromatic heterocycles. The molecule has 0 atom stereocenters. The Morgan fingerprint density at radius 2 is 2.00 bits per heavy atom. The normalized spacial score (nSPS) is 11.2. The van der Waals surface area contributed by atoms with Gasteiger partial charge in [0.05, 0.1) is 22.1 Å². The van der Waals surface area contributed by atoms with Crippen molar-refractivity contribution in [2.24, 2.45) is 0 Å². The summed E-state index contributed by atoms with van der Waals surface area (Å²) in [5.41, 5.74) is 1.61. The Hall–Kier alpha value is -1.61. The summed E-state index contributed by atoms with van der Waals surface area (Å²) in [5, 5.41) is 9.26. The van der Waals surface area contributed by atoms with Crippen molar-refractivity contribution in [2.75, 3.05) is 0 Å². The molecule has 0 saturated heterocycles. The third kappa shape index (κ3) is 0.930. The predicted octanol–water partition coefficient (Wildman–Crippen LogP) is 2.76. The van der Waals surface area contributed by atoms with Crippen LogP contribution in [0.4, 0.5) is 0 Å². The Kier molecular flexibility index (Phi) is 1.49. The molecular weight excluding hydrogens is 198 g/mol. The van der Waals surface area contributed by atoms with Crippen LogP contribution < -0.4 is 0 Å². The quantitative estimate of drug-likeness (QED) is 0.611. The standard InChI is InChI=1S/C10H6ClN3/c11-9-6-3-1-2-4-8(6)13-10-7(9)5-12-14-10/h1-5H,(H,12,13,14). The minimum absolute atomic E-state index is 0.708. The first kappa shape index (κ1) is 7.76. The average Bonchev–Trinajstić information content (AvgIpc) is 2.66. The SMILES string of the molecule is Clc1c2ccccc2nc2[nH]ncc12. The van der Waals surface area contributed by atoms with Crippen molar-refractivity contribution in [1.82, 2.24) is 15.2 Å². The van der Waals surface area contributed by atoms with Gasteiger partial charge in [0.1, 0.15) is 0 Å². The van der Waals surface area contributed by atoms with Crippen LogP contribution in [-0.2, 0) is 0 Å². The van der Waals surface area contributed by atoms with Crippen molar-refractivity contribution in [3.05, 3.63) is 35.5 Å². The molecule has 2 heterocycles. The summed E-state index contributed by atoms with van der Waals surface area (Å²) in [7, 11) is 0. The molecule has 0 aliphatic heterocycles. The summed E-state index contributed by atoms with van der Waals surface area (Å²) in [6.45, 7) is 0. The van der Waals surface area contributed by atoms with Crippen molar-refractivity contribution in [1.29, 1.82) is 0 Å². The van der Waals surface area contributed by atoms with Crippen molar-refractivity contribution in [2.45, 2.75) is 0 Å². The second-order valence-corrected chi connectivity index (χ2v) is 3.45. The number of hydrogen-bond acceptors (Lipinski definition) is 2. The van der Waals surface area contributed by atoms with Crippen molar-refractivity contribution >= 4 is 33.5 Å². The Bertz CT molecular complexity index is 615. The highest BCUT2D eigenvalue weighted by Gasteiger charge is 2.07. The van der Waals surface area contributed by atoms with Crippen molar-refractivity contribution in [3.63, 3.8) is 0 Å². The Morgan fingerprint density at radius 3 is 2.93 bits per heavy atom. The predicted molar refractivity (Wildman–Crippen MR) is 56.4 cm³/mol. The number of nitrogens with one attached hydrogen (secondary N) is 1. The monoisotopic (exact) mass is 203 g/mol. The smallest absolute Gasteiger partial charge is 0.157 e. The van der Waals surface area contributed by atoms with E-state index in [1.54, 1.807) is 6.20 Å². The first-order chi connectivity index (χ1) is 6.86. The zero-order valence-corrected chi connectivity index (χ0v) is 7.92. The molecule has 3 nitrogen and oxygen atoms in total. The Labute approximate surface area is 84.7 Å². The molecule has 68 valence electrons. The number of hydrogen-bond donors (Lipinski definition) is 1. The van der Waals surface area contributed by atoms with E-state index in [2.05, 4.69) is 15.2 Å². The summed E-state index contributed by atoms with van der Waals surface area (Å²) in [6, 6.07) is 7.77. The lowest BCUT2D eigenvalue weighted by atomic mass is 10.2. The van der Waals surface area contributed by atoms with Gasteiger partial charge in [-0.2, -0.15) is 5.10 Å². The van der Waals surface area contributed by atoms with Crippen LogP contribution in [0.15, 0.2) is 30.5 Å². The number of halogens is 1. The second kappa shape index (κ2) is 2.69. The highest BCUT2D eigenvalue weighted by atomic mass is 35.5. The van der Waals surface area contributed by atoms with Crippen molar-refractivity contribution < 1.29 is 0 Å². The molecule has 0 spiro atoms. The van der Waals surface area contributed by atoms with E-state index >= 15 is 0 Å². The van der Waals surface area contributed by atoms with Crippen LogP contribution in [0, 0.1) is 0 Å². The number of aromatic amines is 1. The van der Waals surface area contributed by atoms with Crippen LogP contribution in [0.2, 0.25) is 5.02 Å². The molecule has 0 amide bonds. The molecule has 3 aromatic rings. The number of fused-ring (bicyclic) bond motifs is 2. The number of aromatic nitrogens is 3. The maximum atomic E-state index is 6.22. The maximum absolute atomic E-state index is 6.22. The molecule has 14 heavy (non-hydrogen) atoms. The number of nitrogens with zero attached hydrogens (tertiary/aromatic N) is 2. The van der Waals surface area contributed by atoms with E-state index in [1.807, 2.05) is 24.3 Å². The third-order valence-corrected chi connectivity index (χ3v) is 2.64. The molecule has 1 aromatic carbocycles. The van der Waals surface area contributed by atoms with E-state index in [-0.39, 0.29) is 0 Å². The Balaban J connectivity index is 2.63. The van der Waals surface area contributed by atoms with Crippen LogP contribution >= 0.6 is 11.6 Å². The largest absolute Gasteiger partial charge is 0.261 e. The molecule has 3 rings (SSSR count). The van der Waals surface area contributed by atoms with Crippen LogP contribution in [0.1, 0.15) is 0 Å². The lowest BCUT2D eigenvalue weighted by molar-refractivity contribution is 1.10. The lowest BCUT2D eigenvalue weighted by Crippen LogP contribution is -1.82. The van der Waals surface area contributed by atoms with Gasteiger partial charge in [0.2, 0.25) is 0 Å². The zero-order chi connectivity index (χ0) is 9.54. The molecule has 1 N–H and O–H groups in total. The number of para-hydroxylation sites is 1. The van der Waals surface area contributed by atoms with Gasteiger partial charge in [0, 0.05) is 5.39 Å². The summed E-state index contributed by atoms with van der Waals surface area (Å²) in [5.74, 6) is 0. The first-order valence-corrected chi connectivity index (χ1v) is 4.61. The van der Waals surface area contributed by atoms with Gasteiger partial charge in [-0.15, -0.1) is 0 Å². The summed E-state index contributed by atoms with van der Waals surface area (Å²) < 4.78 is 0. The van der Waals surface area contributed by atoms with E-state index in [0.717, 1.165) is 21.9 Å². The third-order valence-electron chi connectivity index (χ3n) is 2.23. The van der Waals surface area contributed by atoms with Gasteiger partial charge in [-0.05, 0) is 6.07 Å². The highest BCUT2D eigenvalue weighted by Crippen LogP contribution is 2.28. The molecular formula is C10H6ClN3. The van der Waals surface area contributed by atoms with E-state index < -0.39 is 0 Å². The van der Waals surface area contributed by atoms with Crippen LogP contribution in [0.25, 0.3) is 21.9 Å². The fourth-order valence-electron chi connectivity index (χ4n) is 1.55. The fourth-order valence-corrected chi connectivity index (χ4v) is 1.85. The van der Waals surface area contributed by atoms with E-state index in [4.69, 9.17) is 11.6 Å². The number of benzene rings is 1. The fraction of sp³-hybridized carbons (Fsp3) is 0. The minimum atomic E-state index is 0.708. The molecule has 0 aliphatic carbocycles. The molecule has 0 unspecified atom stereocenters. The number of rotatable bonds is 0. The average molecular weight is 204 g/mol. The van der Waals surface area contributed by atoms with Gasteiger partial charge < -0.3 is 0 Å². The lowest BCUT2D eigenvalue weighted by Gasteiger charge is -1.99. The van der Waals surface area contributed by atoms with Crippen molar-refractivity contribution in [3.8, 4) is 0 Å². The molecule has 0 fully saturated rings. The second-order valence-electron chi connectivity index (χ2n) is 3.08. The molecule has 0 radical (unpaired) electrons. The minimum Gasteiger partial charge on any atom is -0.261 e. The van der Waals surface area contributed by atoms with E-state index in [9.17, 15) is 0 Å². The molecule has 0 saturated carbocycles. The van der Waals surface area contributed by atoms with E-state index in [0.29, 0.717) is 5.02 Å². The summed E-state index contributed by atoms with van der Waals surface area (Å²) in [4.78, 5) is 4.40. The maximum Gasteiger partial charge on any atom is 0.157 e. The molecule has 4 heteroatoms. The van der Waals surface area contributed by atoms with Gasteiger partial charge in [-0.25, -0.2) is 4.98 Å². The number of H-pyrrole nitrogens is 1. The van der Waals surface area contributed by atoms with Gasteiger partial charge >= 0.3 is 0 Å². The number of pyridine rings is 1. The summed E-state index contributed by atoms with van der Waals surface area (Å²) >= 11 is 6.22. The van der Waals surface area contributed by atoms with Gasteiger partial charge in [-0.1, -0.05) is 29.8 Å². The molecule has 0 bridgehead atoms. The zero-order valence-electron chi connectivity index (χ0n) is 7.16. The Morgan fingerprint density at radius 1 is 1.14 bits per heavy atom. The summed E-state index contributed by atoms with van der Waals surface area (Å²) in [6.07, 6.45) is 1.69.